The minimum atomic E-state index is -1.63. The van der Waals surface area contributed by atoms with E-state index in [1.165, 1.54) is 14.2 Å². The lowest BCUT2D eigenvalue weighted by atomic mass is 10.2. The van der Waals surface area contributed by atoms with E-state index in [1.807, 2.05) is 0 Å². The van der Waals surface area contributed by atoms with Gasteiger partial charge < -0.3 is 35.4 Å². The number of anilines is 2. The molecule has 0 unspecified atom stereocenters. The Hall–Kier alpha value is -3.53. The lowest BCUT2D eigenvalue weighted by molar-refractivity contribution is -0.255. The number of carboxylic acid groups (broad SMARTS) is 1. The number of rotatable bonds is 5. The van der Waals surface area contributed by atoms with Gasteiger partial charge in [-0.3, -0.25) is 9.59 Å². The van der Waals surface area contributed by atoms with Crippen LogP contribution < -0.4 is 31.2 Å². The van der Waals surface area contributed by atoms with E-state index in [4.69, 9.17) is 15.2 Å². The summed E-state index contributed by atoms with van der Waals surface area (Å²) in [5, 5.41) is 13.9. The molecule has 4 N–H and O–H groups in total. The van der Waals surface area contributed by atoms with Crippen molar-refractivity contribution in [2.45, 2.75) is 0 Å². The molecule has 0 saturated carbocycles. The highest BCUT2D eigenvalue weighted by atomic mass is 32.1. The number of amides is 1. The lowest BCUT2D eigenvalue weighted by Crippen LogP contribution is -2.29. The summed E-state index contributed by atoms with van der Waals surface area (Å²) in [6.07, 6.45) is 0. The molecule has 9 nitrogen and oxygen atoms in total. The van der Waals surface area contributed by atoms with Crippen LogP contribution in [0.4, 0.5) is 11.4 Å². The van der Waals surface area contributed by atoms with Crippen LogP contribution in [0.3, 0.4) is 0 Å². The highest BCUT2D eigenvalue weighted by molar-refractivity contribution is 7.21. The Morgan fingerprint density at radius 2 is 1.96 bits per heavy atom. The molecule has 0 bridgehead atoms. The second kappa shape index (κ2) is 7.00. The second-order valence-corrected chi connectivity index (χ2v) is 6.43. The Balaban J connectivity index is 2.00. The van der Waals surface area contributed by atoms with Crippen LogP contribution in [0.1, 0.15) is 20.0 Å². The molecule has 3 aromatic rings. The van der Waals surface area contributed by atoms with Crippen LogP contribution in [0.25, 0.3) is 10.2 Å². The number of hydrogen-bond donors (Lipinski definition) is 3. The number of methoxy groups -OCH3 is 2. The van der Waals surface area contributed by atoms with E-state index in [0.717, 1.165) is 17.4 Å². The smallest absolute Gasteiger partial charge is 0.268 e. The number of carbonyl (C=O) groups excluding carboxylic acids is 2. The molecule has 10 heteroatoms. The fourth-order valence-electron chi connectivity index (χ4n) is 2.47. The molecule has 0 atom stereocenters. The maximum atomic E-state index is 12.6. The molecule has 0 saturated heterocycles. The number of nitrogen functional groups attached to an aromatic ring is 1. The maximum Gasteiger partial charge on any atom is 0.268 e. The average Bonchev–Trinajstić information content (AvgIpc) is 2.96. The summed E-state index contributed by atoms with van der Waals surface area (Å²) >= 11 is 0.936. The van der Waals surface area contributed by atoms with Gasteiger partial charge in [0, 0.05) is 11.5 Å². The van der Waals surface area contributed by atoms with Crippen molar-refractivity contribution in [1.82, 2.24) is 4.98 Å². The van der Waals surface area contributed by atoms with E-state index in [0.29, 0.717) is 17.2 Å². The molecule has 0 fully saturated rings. The summed E-state index contributed by atoms with van der Waals surface area (Å²) in [5.41, 5.74) is 5.05. The van der Waals surface area contributed by atoms with Crippen LogP contribution in [0.15, 0.2) is 29.1 Å². The topological polar surface area (TPSA) is 147 Å². The van der Waals surface area contributed by atoms with Gasteiger partial charge in [-0.05, 0) is 18.2 Å². The molecule has 1 aromatic carbocycles. The van der Waals surface area contributed by atoms with Crippen molar-refractivity contribution in [2.24, 2.45) is 0 Å². The molecule has 3 rings (SSSR count). The third-order valence-electron chi connectivity index (χ3n) is 3.83. The number of aromatic amines is 1. The number of nitrogens with one attached hydrogen (secondary N) is 2. The molecule has 2 aromatic heterocycles. The molecule has 0 aliphatic heterocycles. The predicted molar refractivity (Wildman–Crippen MR) is 98.7 cm³/mol. The number of pyridine rings is 1. The number of ether oxygens (including phenoxy) is 2. The zero-order valence-corrected chi connectivity index (χ0v) is 15.1. The predicted octanol–water partition coefficient (Wildman–Crippen LogP) is 0.805. The SMILES string of the molecule is COc1ccc(NC(=O)c2sc3[nH]c(=O)c(C(=O)[O-])cc3c2N)c(OC)c1. The van der Waals surface area contributed by atoms with Gasteiger partial charge in [0.05, 0.1) is 37.1 Å². The Kier molecular flexibility index (Phi) is 4.74. The Labute approximate surface area is 156 Å². The van der Waals surface area contributed by atoms with Crippen LogP contribution in [0.5, 0.6) is 11.5 Å². The van der Waals surface area contributed by atoms with Crippen molar-refractivity contribution >= 4 is 44.8 Å². The average molecular weight is 388 g/mol. The van der Waals surface area contributed by atoms with Crippen molar-refractivity contribution < 1.29 is 24.2 Å². The molecule has 0 aliphatic rings. The molecule has 1 amide bonds. The van der Waals surface area contributed by atoms with Gasteiger partial charge in [0.25, 0.3) is 11.5 Å². The summed E-state index contributed by atoms with van der Waals surface area (Å²) in [6.45, 7) is 0. The van der Waals surface area contributed by atoms with Gasteiger partial charge in [-0.15, -0.1) is 11.3 Å². The van der Waals surface area contributed by atoms with Crippen molar-refractivity contribution in [3.05, 3.63) is 45.1 Å². The Bertz CT molecular complexity index is 1120. The maximum absolute atomic E-state index is 12.6. The molecule has 27 heavy (non-hydrogen) atoms. The third kappa shape index (κ3) is 3.29. The Morgan fingerprint density at radius 1 is 1.22 bits per heavy atom. The molecule has 0 radical (unpaired) electrons. The summed E-state index contributed by atoms with van der Waals surface area (Å²) in [6, 6.07) is 5.96. The largest absolute Gasteiger partial charge is 0.545 e. The molecule has 140 valence electrons. The number of benzene rings is 1. The highest BCUT2D eigenvalue weighted by Crippen LogP contribution is 2.34. The molecule has 2 heterocycles. The minimum absolute atomic E-state index is 0.0544. The number of fused-ring (bicyclic) bond motifs is 1. The molecular formula is C17H14N3O6S-. The van der Waals surface area contributed by atoms with Gasteiger partial charge in [-0.1, -0.05) is 0 Å². The van der Waals surface area contributed by atoms with Crippen molar-refractivity contribution in [2.75, 3.05) is 25.3 Å². The normalized spacial score (nSPS) is 10.6. The number of H-pyrrole nitrogens is 1. The highest BCUT2D eigenvalue weighted by Gasteiger charge is 2.20. The number of aromatic nitrogens is 1. The number of thiophene rings is 1. The quantitative estimate of drug-likeness (QED) is 0.586. The molecule has 0 spiro atoms. The summed E-state index contributed by atoms with van der Waals surface area (Å²) in [5.74, 6) is -1.22. The van der Waals surface area contributed by atoms with Crippen LogP contribution >= 0.6 is 11.3 Å². The van der Waals surface area contributed by atoms with Gasteiger partial charge in [0.2, 0.25) is 0 Å². The summed E-state index contributed by atoms with van der Waals surface area (Å²) in [7, 11) is 2.96. The molecular weight excluding hydrogens is 374 g/mol. The zero-order chi connectivity index (χ0) is 19.7. The first-order chi connectivity index (χ1) is 12.8. The third-order valence-corrected chi connectivity index (χ3v) is 4.96. The monoisotopic (exact) mass is 388 g/mol. The number of nitrogens with two attached hydrogens (primary N) is 1. The van der Waals surface area contributed by atoms with Gasteiger partial charge >= 0.3 is 0 Å². The Morgan fingerprint density at radius 3 is 2.59 bits per heavy atom. The number of carbonyl (C=O) groups is 2. The van der Waals surface area contributed by atoms with Gasteiger partial charge in [-0.2, -0.15) is 0 Å². The first kappa shape index (κ1) is 18.3. The fourth-order valence-corrected chi connectivity index (χ4v) is 3.46. The summed E-state index contributed by atoms with van der Waals surface area (Å²) < 4.78 is 10.3. The second-order valence-electron chi connectivity index (χ2n) is 5.41. The van der Waals surface area contributed by atoms with E-state index in [1.54, 1.807) is 18.2 Å². The van der Waals surface area contributed by atoms with Crippen molar-refractivity contribution in [1.29, 1.82) is 0 Å². The lowest BCUT2D eigenvalue weighted by Gasteiger charge is -2.11. The zero-order valence-electron chi connectivity index (χ0n) is 14.2. The van der Waals surface area contributed by atoms with E-state index >= 15 is 0 Å². The van der Waals surface area contributed by atoms with E-state index in [-0.39, 0.29) is 20.8 Å². The standard InChI is InChI=1S/C17H15N3O6S/c1-25-7-3-4-10(11(5-7)26-2)19-15(22)13-12(18)8-6-9(17(23)24)14(21)20-16(8)27-13/h3-6H,18H2,1-2H3,(H,19,22)(H,20,21)(H,23,24)/p-1. The van der Waals surface area contributed by atoms with E-state index in [2.05, 4.69) is 10.3 Å². The number of carboxylic acids is 1. The molecule has 0 aliphatic carbocycles. The number of aromatic carboxylic acids is 1. The van der Waals surface area contributed by atoms with Crippen LogP contribution in [0.2, 0.25) is 0 Å². The number of hydrogen-bond acceptors (Lipinski definition) is 8. The van der Waals surface area contributed by atoms with Crippen molar-refractivity contribution in [3.8, 4) is 11.5 Å². The van der Waals surface area contributed by atoms with Crippen LogP contribution in [-0.2, 0) is 0 Å². The van der Waals surface area contributed by atoms with Gasteiger partial charge in [0.15, 0.2) is 0 Å². The minimum Gasteiger partial charge on any atom is -0.545 e. The van der Waals surface area contributed by atoms with E-state index < -0.39 is 23.0 Å². The fraction of sp³-hybridized carbons (Fsp3) is 0.118. The van der Waals surface area contributed by atoms with Crippen LogP contribution in [-0.4, -0.2) is 31.1 Å². The first-order valence-corrected chi connectivity index (χ1v) is 8.37. The first-order valence-electron chi connectivity index (χ1n) is 7.55. The van der Waals surface area contributed by atoms with Crippen LogP contribution in [0, 0.1) is 0 Å². The summed E-state index contributed by atoms with van der Waals surface area (Å²) in [4.78, 5) is 38.2. The van der Waals surface area contributed by atoms with Gasteiger partial charge in [-0.25, -0.2) is 0 Å². The van der Waals surface area contributed by atoms with Crippen molar-refractivity contribution in [3.63, 3.8) is 0 Å². The van der Waals surface area contributed by atoms with E-state index in [9.17, 15) is 19.5 Å². The van der Waals surface area contributed by atoms with Gasteiger partial charge in [0.1, 0.15) is 21.2 Å².